The smallest absolute Gasteiger partial charge is 0.279 e. The lowest BCUT2D eigenvalue weighted by Gasteiger charge is -2.18. The molecule has 1 N–H and O–H groups in total. The zero-order valence-electron chi connectivity index (χ0n) is 14.6. The number of methoxy groups -OCH3 is 1. The van der Waals surface area contributed by atoms with Gasteiger partial charge in [0.25, 0.3) is 11.6 Å². The van der Waals surface area contributed by atoms with Gasteiger partial charge in [-0.3, -0.25) is 19.9 Å². The Morgan fingerprint density at radius 1 is 1.19 bits per heavy atom. The van der Waals surface area contributed by atoms with Crippen molar-refractivity contribution in [2.24, 2.45) is 0 Å². The van der Waals surface area contributed by atoms with Crippen LogP contribution >= 0.6 is 0 Å². The van der Waals surface area contributed by atoms with E-state index in [1.54, 1.807) is 6.07 Å². The first-order valence-corrected chi connectivity index (χ1v) is 8.54. The van der Waals surface area contributed by atoms with Crippen LogP contribution in [0.3, 0.4) is 0 Å². The Morgan fingerprint density at radius 2 is 1.93 bits per heavy atom. The number of hydrogen-bond acceptors (Lipinski definition) is 5. The summed E-state index contributed by atoms with van der Waals surface area (Å²) in [5.74, 6) is 0.0227. The monoisotopic (exact) mass is 363 g/mol. The van der Waals surface area contributed by atoms with E-state index >= 15 is 0 Å². The molecule has 1 aliphatic carbocycles. The van der Waals surface area contributed by atoms with E-state index in [1.165, 1.54) is 25.4 Å². The number of carbonyl (C=O) groups excluding carboxylic acids is 1. The van der Waals surface area contributed by atoms with Crippen LogP contribution in [0.15, 0.2) is 54.7 Å². The maximum atomic E-state index is 13.0. The summed E-state index contributed by atoms with van der Waals surface area (Å²) < 4.78 is 5.30. The Labute approximate surface area is 155 Å². The standard InChI is InChI=1S/C20H17N3O4/c1-27-16-8-7-15(23(25)26)17-14(16)9-12-21-18(17)19(24)22-20(10-11-20)13-5-3-2-4-6-13/h2-9,12H,10-11H2,1H3,(H,22,24). The summed E-state index contributed by atoms with van der Waals surface area (Å²) in [6, 6.07) is 14.2. The van der Waals surface area contributed by atoms with E-state index in [9.17, 15) is 14.9 Å². The number of non-ortho nitro benzene ring substituents is 1. The molecule has 27 heavy (non-hydrogen) atoms. The molecule has 0 spiro atoms. The van der Waals surface area contributed by atoms with Gasteiger partial charge in [-0.05, 0) is 30.5 Å². The topological polar surface area (TPSA) is 94.4 Å². The zero-order chi connectivity index (χ0) is 19.0. The highest BCUT2D eigenvalue weighted by molar-refractivity contribution is 6.10. The summed E-state index contributed by atoms with van der Waals surface area (Å²) in [4.78, 5) is 28.2. The van der Waals surface area contributed by atoms with Crippen LogP contribution in [-0.4, -0.2) is 22.9 Å². The van der Waals surface area contributed by atoms with Crippen LogP contribution in [0.2, 0.25) is 0 Å². The number of nitro benzene ring substituents is 1. The van der Waals surface area contributed by atoms with E-state index in [1.807, 2.05) is 30.3 Å². The second-order valence-electron chi connectivity index (χ2n) is 6.53. The van der Waals surface area contributed by atoms with Gasteiger partial charge in [0.15, 0.2) is 0 Å². The quantitative estimate of drug-likeness (QED) is 0.552. The number of amides is 1. The van der Waals surface area contributed by atoms with Crippen LogP contribution in [0.25, 0.3) is 10.8 Å². The molecular weight excluding hydrogens is 346 g/mol. The SMILES string of the molecule is COc1ccc([N+](=O)[O-])c2c(C(=O)NC3(c4ccccc4)CC3)nccc12. The first kappa shape index (κ1) is 17.0. The van der Waals surface area contributed by atoms with Crippen molar-refractivity contribution in [2.75, 3.05) is 7.11 Å². The van der Waals surface area contributed by atoms with Gasteiger partial charge in [0.05, 0.1) is 23.0 Å². The van der Waals surface area contributed by atoms with Gasteiger partial charge in [0.1, 0.15) is 11.4 Å². The molecule has 7 heteroatoms. The molecule has 0 unspecified atom stereocenters. The highest BCUT2D eigenvalue weighted by Gasteiger charge is 2.46. The molecule has 3 aromatic rings. The molecule has 0 bridgehead atoms. The van der Waals surface area contributed by atoms with Crippen molar-refractivity contribution in [3.8, 4) is 5.75 Å². The molecule has 1 heterocycles. The minimum atomic E-state index is -0.510. The van der Waals surface area contributed by atoms with E-state index < -0.39 is 16.4 Å². The zero-order valence-corrected chi connectivity index (χ0v) is 14.6. The van der Waals surface area contributed by atoms with Crippen LogP contribution in [0.1, 0.15) is 28.9 Å². The van der Waals surface area contributed by atoms with Crippen molar-refractivity contribution >= 4 is 22.4 Å². The van der Waals surface area contributed by atoms with E-state index in [0.29, 0.717) is 11.1 Å². The Bertz CT molecular complexity index is 1050. The number of nitrogens with zero attached hydrogens (tertiary/aromatic N) is 2. The third kappa shape index (κ3) is 2.87. The third-order valence-electron chi connectivity index (χ3n) is 4.93. The Hall–Kier alpha value is -3.48. The van der Waals surface area contributed by atoms with Gasteiger partial charge in [0.2, 0.25) is 0 Å². The number of pyridine rings is 1. The lowest BCUT2D eigenvalue weighted by Crippen LogP contribution is -2.35. The number of ether oxygens (including phenoxy) is 1. The van der Waals surface area contributed by atoms with Crippen molar-refractivity contribution < 1.29 is 14.5 Å². The molecular formula is C20H17N3O4. The van der Waals surface area contributed by atoms with Gasteiger partial charge in [-0.25, -0.2) is 0 Å². The second-order valence-corrected chi connectivity index (χ2v) is 6.53. The fourth-order valence-corrected chi connectivity index (χ4v) is 3.40. The molecule has 0 atom stereocenters. The van der Waals surface area contributed by atoms with Crippen LogP contribution in [-0.2, 0) is 5.54 Å². The van der Waals surface area contributed by atoms with Gasteiger partial charge in [-0.2, -0.15) is 0 Å². The van der Waals surface area contributed by atoms with Crippen molar-refractivity contribution in [2.45, 2.75) is 18.4 Å². The van der Waals surface area contributed by atoms with Crippen LogP contribution in [0, 0.1) is 10.1 Å². The van der Waals surface area contributed by atoms with Gasteiger partial charge in [-0.15, -0.1) is 0 Å². The molecule has 1 amide bonds. The number of nitro groups is 1. The molecule has 7 nitrogen and oxygen atoms in total. The first-order chi connectivity index (χ1) is 13.1. The van der Waals surface area contributed by atoms with Gasteiger partial charge >= 0.3 is 0 Å². The van der Waals surface area contributed by atoms with Crippen molar-refractivity contribution in [3.05, 3.63) is 76.1 Å². The number of carbonyl (C=O) groups is 1. The lowest BCUT2D eigenvalue weighted by molar-refractivity contribution is -0.383. The fourth-order valence-electron chi connectivity index (χ4n) is 3.40. The first-order valence-electron chi connectivity index (χ1n) is 8.54. The van der Waals surface area contributed by atoms with E-state index in [-0.39, 0.29) is 16.8 Å². The second kappa shape index (κ2) is 6.35. The van der Waals surface area contributed by atoms with Crippen LogP contribution in [0.5, 0.6) is 5.75 Å². The van der Waals surface area contributed by atoms with Crippen molar-refractivity contribution in [3.63, 3.8) is 0 Å². The summed E-state index contributed by atoms with van der Waals surface area (Å²) in [5, 5.41) is 15.2. The summed E-state index contributed by atoms with van der Waals surface area (Å²) in [6.07, 6.45) is 3.10. The predicted molar refractivity (Wildman–Crippen MR) is 99.8 cm³/mol. The molecule has 1 aliphatic rings. The number of rotatable bonds is 5. The highest BCUT2D eigenvalue weighted by atomic mass is 16.6. The van der Waals surface area contributed by atoms with Gasteiger partial charge in [0, 0.05) is 17.6 Å². The number of hydrogen-bond donors (Lipinski definition) is 1. The summed E-state index contributed by atoms with van der Waals surface area (Å²) in [6.45, 7) is 0. The van der Waals surface area contributed by atoms with Gasteiger partial charge < -0.3 is 10.1 Å². The molecule has 1 aromatic heterocycles. The molecule has 0 aliphatic heterocycles. The third-order valence-corrected chi connectivity index (χ3v) is 4.93. The Morgan fingerprint density at radius 3 is 2.56 bits per heavy atom. The van der Waals surface area contributed by atoms with E-state index in [4.69, 9.17) is 4.74 Å². The molecule has 0 radical (unpaired) electrons. The highest BCUT2D eigenvalue weighted by Crippen LogP contribution is 2.46. The average Bonchev–Trinajstić information content (AvgIpc) is 3.47. The Kier molecular flexibility index (Phi) is 3.99. The lowest BCUT2D eigenvalue weighted by atomic mass is 10.0. The largest absolute Gasteiger partial charge is 0.496 e. The molecule has 1 fully saturated rings. The minimum absolute atomic E-state index is 0.0281. The van der Waals surface area contributed by atoms with Crippen LogP contribution < -0.4 is 10.1 Å². The van der Waals surface area contributed by atoms with Crippen molar-refractivity contribution in [1.29, 1.82) is 0 Å². The van der Waals surface area contributed by atoms with Gasteiger partial charge in [-0.1, -0.05) is 30.3 Å². The number of nitrogens with one attached hydrogen (secondary N) is 1. The summed E-state index contributed by atoms with van der Waals surface area (Å²) in [5.41, 5.74) is 0.440. The fraction of sp³-hybridized carbons (Fsp3) is 0.200. The maximum Gasteiger partial charge on any atom is 0.279 e. The number of fused-ring (bicyclic) bond motifs is 1. The molecule has 0 saturated heterocycles. The predicted octanol–water partition coefficient (Wildman–Crippen LogP) is 3.57. The van der Waals surface area contributed by atoms with Crippen LogP contribution in [0.4, 0.5) is 5.69 Å². The van der Waals surface area contributed by atoms with Crippen molar-refractivity contribution in [1.82, 2.24) is 10.3 Å². The summed E-state index contributed by atoms with van der Waals surface area (Å²) >= 11 is 0. The van der Waals surface area contributed by atoms with E-state index in [0.717, 1.165) is 18.4 Å². The number of benzene rings is 2. The molecule has 1 saturated carbocycles. The number of aromatic nitrogens is 1. The molecule has 136 valence electrons. The average molecular weight is 363 g/mol. The minimum Gasteiger partial charge on any atom is -0.496 e. The van der Waals surface area contributed by atoms with E-state index in [2.05, 4.69) is 10.3 Å². The normalized spacial score (nSPS) is 14.6. The maximum absolute atomic E-state index is 13.0. The Balaban J connectivity index is 1.80. The summed E-state index contributed by atoms with van der Waals surface area (Å²) in [7, 11) is 1.48. The molecule has 2 aromatic carbocycles. The molecule has 4 rings (SSSR count).